The lowest BCUT2D eigenvalue weighted by atomic mass is 10.5. The predicted molar refractivity (Wildman–Crippen MR) is 51.5 cm³/mol. The summed E-state index contributed by atoms with van der Waals surface area (Å²) in [6, 6.07) is 4.78. The molecule has 1 aromatic rings. The molecule has 14 heavy (non-hydrogen) atoms. The lowest BCUT2D eigenvalue weighted by Gasteiger charge is -2.06. The summed E-state index contributed by atoms with van der Waals surface area (Å²) in [5.74, 6) is 0.468. The number of hydrazine groups is 1. The zero-order valence-corrected chi connectivity index (χ0v) is 7.53. The Morgan fingerprint density at radius 3 is 3.00 bits per heavy atom. The minimum absolute atomic E-state index is 0.0378. The van der Waals surface area contributed by atoms with Crippen LogP contribution in [0.1, 0.15) is 0 Å². The summed E-state index contributed by atoms with van der Waals surface area (Å²) in [7, 11) is 0. The number of pyridine rings is 1. The normalized spacial score (nSPS) is 9.50. The molecule has 0 saturated carbocycles. The molecule has 6 heteroatoms. The van der Waals surface area contributed by atoms with Gasteiger partial charge in [0.1, 0.15) is 5.82 Å². The molecule has 0 aliphatic heterocycles. The SMILES string of the molecule is O=C(NNCCO)Nc1ccccn1. The highest BCUT2D eigenvalue weighted by atomic mass is 16.3. The van der Waals surface area contributed by atoms with Crippen molar-refractivity contribution in [3.8, 4) is 0 Å². The fourth-order valence-electron chi connectivity index (χ4n) is 0.783. The van der Waals surface area contributed by atoms with Gasteiger partial charge < -0.3 is 5.11 Å². The van der Waals surface area contributed by atoms with E-state index in [2.05, 4.69) is 21.2 Å². The summed E-state index contributed by atoms with van der Waals surface area (Å²) in [5, 5.41) is 10.9. The Kier molecular flexibility index (Phi) is 4.39. The Morgan fingerprint density at radius 1 is 1.50 bits per heavy atom. The first-order valence-electron chi connectivity index (χ1n) is 4.14. The first-order chi connectivity index (χ1) is 6.83. The number of amides is 2. The van der Waals surface area contributed by atoms with Gasteiger partial charge in [-0.15, -0.1) is 0 Å². The number of hydrogen-bond donors (Lipinski definition) is 4. The van der Waals surface area contributed by atoms with Crippen molar-refractivity contribution in [2.24, 2.45) is 0 Å². The maximum atomic E-state index is 11.1. The van der Waals surface area contributed by atoms with E-state index in [4.69, 9.17) is 5.11 Å². The fourth-order valence-corrected chi connectivity index (χ4v) is 0.783. The molecule has 0 aliphatic carbocycles. The maximum absolute atomic E-state index is 11.1. The molecule has 76 valence electrons. The molecule has 0 fully saturated rings. The van der Waals surface area contributed by atoms with Crippen molar-refractivity contribution in [1.29, 1.82) is 0 Å². The van der Waals surface area contributed by atoms with E-state index >= 15 is 0 Å². The van der Waals surface area contributed by atoms with Gasteiger partial charge in [-0.2, -0.15) is 0 Å². The molecule has 1 heterocycles. The molecule has 0 saturated heterocycles. The molecule has 0 aliphatic rings. The van der Waals surface area contributed by atoms with Gasteiger partial charge in [-0.05, 0) is 12.1 Å². The van der Waals surface area contributed by atoms with Crippen LogP contribution in [0.15, 0.2) is 24.4 Å². The van der Waals surface area contributed by atoms with Gasteiger partial charge in [-0.1, -0.05) is 6.07 Å². The van der Waals surface area contributed by atoms with Crippen molar-refractivity contribution in [3.63, 3.8) is 0 Å². The second-order valence-electron chi connectivity index (χ2n) is 2.44. The predicted octanol–water partition coefficient (Wildman–Crippen LogP) is -0.300. The topological polar surface area (TPSA) is 86.3 Å². The average Bonchev–Trinajstić information content (AvgIpc) is 2.20. The van der Waals surface area contributed by atoms with Crippen molar-refractivity contribution < 1.29 is 9.90 Å². The summed E-state index contributed by atoms with van der Waals surface area (Å²) in [6.07, 6.45) is 1.58. The van der Waals surface area contributed by atoms with Crippen LogP contribution >= 0.6 is 0 Å². The van der Waals surface area contributed by atoms with Crippen molar-refractivity contribution in [2.45, 2.75) is 0 Å². The van der Waals surface area contributed by atoms with Crippen molar-refractivity contribution in [3.05, 3.63) is 24.4 Å². The number of nitrogens with one attached hydrogen (secondary N) is 3. The minimum atomic E-state index is -0.419. The standard InChI is InChI=1S/C8H12N4O2/c13-6-5-10-12-8(14)11-7-3-1-2-4-9-7/h1-4,10,13H,5-6H2,(H2,9,11,12,14). The Hall–Kier alpha value is -1.66. The van der Waals surface area contributed by atoms with E-state index in [1.165, 1.54) is 0 Å². The second-order valence-corrected chi connectivity index (χ2v) is 2.44. The molecule has 0 unspecified atom stereocenters. The van der Waals surface area contributed by atoms with Gasteiger partial charge in [0, 0.05) is 12.7 Å². The summed E-state index contributed by atoms with van der Waals surface area (Å²) >= 11 is 0. The number of rotatable bonds is 4. The molecular weight excluding hydrogens is 184 g/mol. The van der Waals surface area contributed by atoms with Crippen LogP contribution in [0, 0.1) is 0 Å². The summed E-state index contributed by atoms with van der Waals surface area (Å²) in [5.41, 5.74) is 4.85. The number of carbonyl (C=O) groups is 1. The van der Waals surface area contributed by atoms with Gasteiger partial charge in [0.15, 0.2) is 0 Å². The largest absolute Gasteiger partial charge is 0.395 e. The van der Waals surface area contributed by atoms with Gasteiger partial charge in [-0.25, -0.2) is 15.2 Å². The third-order valence-corrected chi connectivity index (χ3v) is 1.35. The number of aliphatic hydroxyl groups excluding tert-OH is 1. The minimum Gasteiger partial charge on any atom is -0.395 e. The number of hydrogen-bond acceptors (Lipinski definition) is 4. The summed E-state index contributed by atoms with van der Waals surface area (Å²) in [6.45, 7) is 0.263. The second kappa shape index (κ2) is 5.90. The quantitative estimate of drug-likeness (QED) is 0.393. The molecule has 1 aromatic heterocycles. The molecule has 0 radical (unpaired) electrons. The molecular formula is C8H12N4O2. The molecule has 4 N–H and O–H groups in total. The summed E-state index contributed by atoms with van der Waals surface area (Å²) in [4.78, 5) is 15.0. The van der Waals surface area contributed by atoms with Crippen molar-refractivity contribution >= 4 is 11.8 Å². The van der Waals surface area contributed by atoms with E-state index in [1.54, 1.807) is 24.4 Å². The van der Waals surface area contributed by atoms with Crippen LogP contribution < -0.4 is 16.2 Å². The van der Waals surface area contributed by atoms with Crippen molar-refractivity contribution in [2.75, 3.05) is 18.5 Å². The van der Waals surface area contributed by atoms with Crippen molar-refractivity contribution in [1.82, 2.24) is 15.8 Å². The monoisotopic (exact) mass is 196 g/mol. The van der Waals surface area contributed by atoms with Crippen LogP contribution in [-0.2, 0) is 0 Å². The Labute approximate surface area is 81.3 Å². The zero-order chi connectivity index (χ0) is 10.2. The Morgan fingerprint density at radius 2 is 2.36 bits per heavy atom. The van der Waals surface area contributed by atoms with Gasteiger partial charge in [0.2, 0.25) is 0 Å². The number of aromatic nitrogens is 1. The molecule has 2 amide bonds. The van der Waals surface area contributed by atoms with Crippen LogP contribution in [-0.4, -0.2) is 29.3 Å². The van der Waals surface area contributed by atoms with Crippen LogP contribution in [0.3, 0.4) is 0 Å². The smallest absolute Gasteiger partial charge is 0.334 e. The molecule has 0 atom stereocenters. The third-order valence-electron chi connectivity index (χ3n) is 1.35. The fraction of sp³-hybridized carbons (Fsp3) is 0.250. The average molecular weight is 196 g/mol. The molecule has 0 spiro atoms. The molecule has 0 aromatic carbocycles. The Balaban J connectivity index is 2.27. The Bertz CT molecular complexity index is 278. The number of urea groups is 1. The number of carbonyl (C=O) groups excluding carboxylic acids is 1. The van der Waals surface area contributed by atoms with Crippen LogP contribution in [0.4, 0.5) is 10.6 Å². The highest BCUT2D eigenvalue weighted by molar-refractivity contribution is 5.87. The van der Waals surface area contributed by atoms with E-state index in [9.17, 15) is 4.79 Å². The number of anilines is 1. The molecule has 6 nitrogen and oxygen atoms in total. The van der Waals surface area contributed by atoms with E-state index < -0.39 is 6.03 Å². The maximum Gasteiger partial charge on any atom is 0.334 e. The van der Waals surface area contributed by atoms with Crippen LogP contribution in [0.5, 0.6) is 0 Å². The lowest BCUT2D eigenvalue weighted by molar-refractivity contribution is 0.243. The highest BCUT2D eigenvalue weighted by Crippen LogP contribution is 1.98. The highest BCUT2D eigenvalue weighted by Gasteiger charge is 1.99. The van der Waals surface area contributed by atoms with E-state index in [0.29, 0.717) is 12.4 Å². The van der Waals surface area contributed by atoms with Gasteiger partial charge in [0.05, 0.1) is 6.61 Å². The third kappa shape index (κ3) is 3.83. The van der Waals surface area contributed by atoms with Gasteiger partial charge >= 0.3 is 6.03 Å². The van der Waals surface area contributed by atoms with E-state index in [-0.39, 0.29) is 6.61 Å². The zero-order valence-electron chi connectivity index (χ0n) is 7.53. The van der Waals surface area contributed by atoms with Gasteiger partial charge in [0.25, 0.3) is 0 Å². The number of aliphatic hydroxyl groups is 1. The lowest BCUT2D eigenvalue weighted by Crippen LogP contribution is -2.41. The number of nitrogens with zero attached hydrogens (tertiary/aromatic N) is 1. The van der Waals surface area contributed by atoms with E-state index in [1.807, 2.05) is 0 Å². The molecule has 0 bridgehead atoms. The van der Waals surface area contributed by atoms with Gasteiger partial charge in [-0.3, -0.25) is 10.7 Å². The van der Waals surface area contributed by atoms with Crippen LogP contribution in [0.25, 0.3) is 0 Å². The molecule has 1 rings (SSSR count). The first kappa shape index (κ1) is 10.4. The van der Waals surface area contributed by atoms with E-state index in [0.717, 1.165) is 0 Å². The first-order valence-corrected chi connectivity index (χ1v) is 4.14. The van der Waals surface area contributed by atoms with Crippen LogP contribution in [0.2, 0.25) is 0 Å². The summed E-state index contributed by atoms with van der Waals surface area (Å²) < 4.78 is 0.